The van der Waals surface area contributed by atoms with E-state index in [9.17, 15) is 9.59 Å². The van der Waals surface area contributed by atoms with Crippen LogP contribution in [0.1, 0.15) is 32.1 Å². The van der Waals surface area contributed by atoms with Gasteiger partial charge in [0.1, 0.15) is 0 Å². The van der Waals surface area contributed by atoms with Crippen LogP contribution in [0.25, 0.3) is 0 Å². The monoisotopic (exact) mass is 192 g/mol. The van der Waals surface area contributed by atoms with Gasteiger partial charge >= 0.3 is 11.9 Å². The van der Waals surface area contributed by atoms with Crippen molar-refractivity contribution < 1.29 is 29.9 Å². The molecule has 0 bridgehead atoms. The average Bonchev–Trinajstić information content (AvgIpc) is 2.16. The molecular formula is C7H12O6. The number of carbonyl (C=O) groups is 2. The third kappa shape index (κ3) is 7.23. The molecule has 0 aromatic carbocycles. The van der Waals surface area contributed by atoms with Gasteiger partial charge in [-0.1, -0.05) is 6.42 Å². The Morgan fingerprint density at radius 3 is 1.54 bits per heavy atom. The van der Waals surface area contributed by atoms with Crippen molar-refractivity contribution in [1.29, 1.82) is 0 Å². The van der Waals surface area contributed by atoms with E-state index >= 15 is 0 Å². The normalized spacial score (nSPS) is 9.38. The van der Waals surface area contributed by atoms with E-state index in [1.807, 2.05) is 0 Å². The van der Waals surface area contributed by atoms with Gasteiger partial charge in [-0.05, 0) is 12.8 Å². The minimum absolute atomic E-state index is 0.116. The Morgan fingerprint density at radius 2 is 1.23 bits per heavy atom. The Hall–Kier alpha value is -1.14. The lowest BCUT2D eigenvalue weighted by atomic mass is 10.1. The SMILES string of the molecule is O=C(CCCCCC(=O)OO)OO. The number of unbranched alkanes of at least 4 members (excludes halogenated alkanes) is 2. The van der Waals surface area contributed by atoms with Crippen LogP contribution in [0.2, 0.25) is 0 Å². The highest BCUT2D eigenvalue weighted by Crippen LogP contribution is 2.04. The van der Waals surface area contributed by atoms with Gasteiger partial charge in [-0.2, -0.15) is 10.5 Å². The quantitative estimate of drug-likeness (QED) is 0.370. The Bertz CT molecular complexity index is 148. The van der Waals surface area contributed by atoms with E-state index in [1.54, 1.807) is 0 Å². The fourth-order valence-corrected chi connectivity index (χ4v) is 0.807. The van der Waals surface area contributed by atoms with Crippen LogP contribution in [0.4, 0.5) is 0 Å². The first kappa shape index (κ1) is 11.9. The molecule has 0 aliphatic heterocycles. The largest absolute Gasteiger partial charge is 0.342 e. The molecule has 0 saturated carbocycles. The van der Waals surface area contributed by atoms with Crippen LogP contribution < -0.4 is 0 Å². The predicted octanol–water partition coefficient (Wildman–Crippen LogP) is 0.969. The second-order valence-electron chi connectivity index (χ2n) is 2.49. The van der Waals surface area contributed by atoms with Gasteiger partial charge in [0.2, 0.25) is 0 Å². The molecule has 0 aliphatic rings. The smallest absolute Gasteiger partial charge is 0.301 e. The fourth-order valence-electron chi connectivity index (χ4n) is 0.807. The second kappa shape index (κ2) is 7.51. The van der Waals surface area contributed by atoms with Crippen LogP contribution in [0.3, 0.4) is 0 Å². The molecule has 13 heavy (non-hydrogen) atoms. The molecule has 0 amide bonds. The van der Waals surface area contributed by atoms with E-state index < -0.39 is 11.9 Å². The second-order valence-corrected chi connectivity index (χ2v) is 2.49. The molecule has 6 heteroatoms. The Morgan fingerprint density at radius 1 is 0.846 bits per heavy atom. The van der Waals surface area contributed by atoms with E-state index in [0.717, 1.165) is 0 Å². The summed E-state index contributed by atoms with van der Waals surface area (Å²) in [6, 6.07) is 0. The lowest BCUT2D eigenvalue weighted by Gasteiger charge is -1.97. The van der Waals surface area contributed by atoms with Crippen LogP contribution in [-0.2, 0) is 19.4 Å². The zero-order chi connectivity index (χ0) is 10.1. The molecule has 0 spiro atoms. The van der Waals surface area contributed by atoms with Crippen molar-refractivity contribution in [2.75, 3.05) is 0 Å². The molecule has 0 unspecified atom stereocenters. The highest BCUT2D eigenvalue weighted by molar-refractivity contribution is 5.69. The zero-order valence-electron chi connectivity index (χ0n) is 7.06. The van der Waals surface area contributed by atoms with Gasteiger partial charge in [-0.15, -0.1) is 0 Å². The molecule has 0 saturated heterocycles. The Kier molecular flexibility index (Phi) is 6.85. The summed E-state index contributed by atoms with van der Waals surface area (Å²) in [7, 11) is 0. The van der Waals surface area contributed by atoms with Gasteiger partial charge in [0.15, 0.2) is 0 Å². The van der Waals surface area contributed by atoms with E-state index in [-0.39, 0.29) is 12.8 Å². The molecule has 0 atom stereocenters. The molecule has 0 aliphatic carbocycles. The molecular weight excluding hydrogens is 180 g/mol. The van der Waals surface area contributed by atoms with Crippen LogP contribution in [0.5, 0.6) is 0 Å². The molecule has 0 radical (unpaired) electrons. The zero-order valence-corrected chi connectivity index (χ0v) is 7.06. The fraction of sp³-hybridized carbons (Fsp3) is 0.714. The number of hydrogen-bond acceptors (Lipinski definition) is 6. The third-order valence-electron chi connectivity index (χ3n) is 1.47. The van der Waals surface area contributed by atoms with Gasteiger partial charge in [-0.3, -0.25) is 0 Å². The standard InChI is InChI=1S/C7H12O6/c8-6(12-10)4-2-1-3-5-7(9)13-11/h10-11H,1-5H2. The third-order valence-corrected chi connectivity index (χ3v) is 1.47. The molecule has 6 nitrogen and oxygen atoms in total. The first-order valence-electron chi connectivity index (χ1n) is 3.89. The summed E-state index contributed by atoms with van der Waals surface area (Å²) in [5.74, 6) is -1.38. The number of carbonyl (C=O) groups excluding carboxylic acids is 2. The molecule has 2 N–H and O–H groups in total. The van der Waals surface area contributed by atoms with Crippen LogP contribution in [-0.4, -0.2) is 22.5 Å². The van der Waals surface area contributed by atoms with E-state index in [1.165, 1.54) is 0 Å². The first-order valence-corrected chi connectivity index (χ1v) is 3.89. The lowest BCUT2D eigenvalue weighted by Crippen LogP contribution is -2.02. The number of rotatable bonds is 6. The summed E-state index contributed by atoms with van der Waals surface area (Å²) in [6.07, 6.45) is 1.91. The highest BCUT2D eigenvalue weighted by atomic mass is 17.1. The predicted molar refractivity (Wildman–Crippen MR) is 40.5 cm³/mol. The maximum Gasteiger partial charge on any atom is 0.342 e. The molecule has 0 heterocycles. The molecule has 0 fully saturated rings. The highest BCUT2D eigenvalue weighted by Gasteiger charge is 2.03. The maximum absolute atomic E-state index is 10.4. The van der Waals surface area contributed by atoms with Gasteiger partial charge < -0.3 is 9.78 Å². The van der Waals surface area contributed by atoms with Crippen molar-refractivity contribution in [3.63, 3.8) is 0 Å². The van der Waals surface area contributed by atoms with Gasteiger partial charge in [0.05, 0.1) is 0 Å². The summed E-state index contributed by atoms with van der Waals surface area (Å²) in [4.78, 5) is 27.6. The summed E-state index contributed by atoms with van der Waals surface area (Å²) in [5, 5.41) is 15.7. The van der Waals surface area contributed by atoms with Crippen molar-refractivity contribution >= 4 is 11.9 Å². The van der Waals surface area contributed by atoms with Gasteiger partial charge in [0, 0.05) is 12.8 Å². The Labute approximate surface area is 74.9 Å². The van der Waals surface area contributed by atoms with Crippen LogP contribution in [0.15, 0.2) is 0 Å². The van der Waals surface area contributed by atoms with Gasteiger partial charge in [-0.25, -0.2) is 9.59 Å². The van der Waals surface area contributed by atoms with Crippen molar-refractivity contribution in [1.82, 2.24) is 0 Å². The van der Waals surface area contributed by atoms with E-state index in [0.29, 0.717) is 19.3 Å². The number of hydrogen-bond donors (Lipinski definition) is 2. The summed E-state index contributed by atoms with van der Waals surface area (Å²) in [6.45, 7) is 0. The minimum Gasteiger partial charge on any atom is -0.301 e. The van der Waals surface area contributed by atoms with E-state index in [2.05, 4.69) is 9.78 Å². The van der Waals surface area contributed by atoms with Gasteiger partial charge in [0.25, 0.3) is 0 Å². The Balaban J connectivity index is 3.17. The van der Waals surface area contributed by atoms with Crippen LogP contribution in [0, 0.1) is 0 Å². The topological polar surface area (TPSA) is 93.1 Å². The molecule has 76 valence electrons. The molecule has 0 aromatic rings. The summed E-state index contributed by atoms with van der Waals surface area (Å²) < 4.78 is 0. The molecule has 0 aromatic heterocycles. The molecule has 0 rings (SSSR count). The minimum atomic E-state index is -0.690. The van der Waals surface area contributed by atoms with Crippen molar-refractivity contribution in [2.45, 2.75) is 32.1 Å². The lowest BCUT2D eigenvalue weighted by molar-refractivity contribution is -0.234. The first-order chi connectivity index (χ1) is 6.20. The van der Waals surface area contributed by atoms with Crippen LogP contribution >= 0.6 is 0 Å². The van der Waals surface area contributed by atoms with E-state index in [4.69, 9.17) is 10.5 Å². The average molecular weight is 192 g/mol. The van der Waals surface area contributed by atoms with Crippen molar-refractivity contribution in [3.8, 4) is 0 Å². The maximum atomic E-state index is 10.4. The summed E-state index contributed by atoms with van der Waals surface area (Å²) in [5.41, 5.74) is 0. The summed E-state index contributed by atoms with van der Waals surface area (Å²) >= 11 is 0. The van der Waals surface area contributed by atoms with Crippen molar-refractivity contribution in [3.05, 3.63) is 0 Å². The van der Waals surface area contributed by atoms with Crippen molar-refractivity contribution in [2.24, 2.45) is 0 Å².